The number of carbonyl (C=O) groups excluding carboxylic acids is 3. The number of methoxy groups -OCH3 is 2. The number of likely N-dealkylation sites (tertiary alicyclic amines) is 1. The summed E-state index contributed by atoms with van der Waals surface area (Å²) in [5, 5.41) is 17.8. The molecule has 0 aliphatic carbocycles. The molecular formula is C40H62FN5O8S. The zero-order valence-electron chi connectivity index (χ0n) is 33.7. The van der Waals surface area contributed by atoms with E-state index in [0.29, 0.717) is 24.3 Å². The van der Waals surface area contributed by atoms with Crippen LogP contribution in [0.15, 0.2) is 29.6 Å². The van der Waals surface area contributed by atoms with Gasteiger partial charge in [0.05, 0.1) is 18.6 Å². The summed E-state index contributed by atoms with van der Waals surface area (Å²) in [6.45, 7) is 11.0. The number of benzene rings is 1. The molecule has 7 atom stereocenters. The Kier molecular flexibility index (Phi) is 19.1. The monoisotopic (exact) mass is 791 g/mol. The summed E-state index contributed by atoms with van der Waals surface area (Å²) in [7, 11) is 5.04. The van der Waals surface area contributed by atoms with Crippen LogP contribution in [-0.2, 0) is 35.0 Å². The molecule has 13 nitrogen and oxygen atoms in total. The molecule has 15 heteroatoms. The molecule has 2 aromatic rings. The Labute approximate surface area is 329 Å². The molecule has 3 unspecified atom stereocenters. The number of hydrogen-bond donors (Lipinski definition) is 3. The number of halogens is 1. The number of amides is 3. The van der Waals surface area contributed by atoms with Crippen molar-refractivity contribution < 1.29 is 42.9 Å². The number of nitrogens with zero attached hydrogens (tertiary/aromatic N) is 3. The molecule has 308 valence electrons. The highest BCUT2D eigenvalue weighted by Gasteiger charge is 2.38. The van der Waals surface area contributed by atoms with E-state index in [-0.39, 0.29) is 73.6 Å². The molecular weight excluding hydrogens is 730 g/mol. The number of carboxylic acid groups (broad SMARTS) is 1. The van der Waals surface area contributed by atoms with Crippen molar-refractivity contribution in [1.29, 1.82) is 0 Å². The molecule has 1 aromatic heterocycles. The van der Waals surface area contributed by atoms with Crippen molar-refractivity contribution in [2.75, 3.05) is 47.8 Å². The fraction of sp³-hybridized carbons (Fsp3) is 0.675. The fourth-order valence-electron chi connectivity index (χ4n) is 6.94. The third-order valence-corrected chi connectivity index (χ3v) is 11.4. The topological polar surface area (TPSA) is 160 Å². The summed E-state index contributed by atoms with van der Waals surface area (Å²) in [5.41, 5.74) is 0.888. The summed E-state index contributed by atoms with van der Waals surface area (Å²) in [5.74, 6) is -3.09. The molecule has 1 fully saturated rings. The van der Waals surface area contributed by atoms with Crippen LogP contribution in [0, 0.1) is 23.6 Å². The number of likely N-dealkylation sites (N-methyl/N-ethyl adjacent to an activating group) is 1. The van der Waals surface area contributed by atoms with Crippen molar-refractivity contribution >= 4 is 35.0 Å². The van der Waals surface area contributed by atoms with Gasteiger partial charge in [0.2, 0.25) is 11.8 Å². The Morgan fingerprint density at radius 1 is 1.05 bits per heavy atom. The molecule has 55 heavy (non-hydrogen) atoms. The number of thiazole rings is 1. The van der Waals surface area contributed by atoms with Crippen LogP contribution in [0.1, 0.15) is 100 Å². The maximum atomic E-state index is 14.6. The molecule has 0 spiro atoms. The van der Waals surface area contributed by atoms with Gasteiger partial charge >= 0.3 is 5.97 Å². The summed E-state index contributed by atoms with van der Waals surface area (Å²) >= 11 is 1.24. The van der Waals surface area contributed by atoms with Crippen LogP contribution in [0.4, 0.5) is 4.39 Å². The van der Waals surface area contributed by atoms with Gasteiger partial charge in [-0.1, -0.05) is 59.6 Å². The first kappa shape index (κ1) is 45.9. The highest BCUT2D eigenvalue weighted by Crippen LogP contribution is 2.31. The van der Waals surface area contributed by atoms with E-state index in [1.54, 1.807) is 36.4 Å². The lowest BCUT2D eigenvalue weighted by Crippen LogP contribution is -2.59. The molecule has 1 aliphatic heterocycles. The normalized spacial score (nSPS) is 18.2. The van der Waals surface area contributed by atoms with E-state index in [1.807, 2.05) is 34.7 Å². The molecule has 0 saturated carbocycles. The van der Waals surface area contributed by atoms with Crippen LogP contribution in [0.5, 0.6) is 0 Å². The minimum Gasteiger partial charge on any atom is -0.481 e. The fourth-order valence-corrected chi connectivity index (χ4v) is 7.80. The second kappa shape index (κ2) is 22.9. The van der Waals surface area contributed by atoms with E-state index in [0.717, 1.165) is 31.4 Å². The van der Waals surface area contributed by atoms with E-state index in [9.17, 15) is 28.7 Å². The average molecular weight is 792 g/mol. The third-order valence-electron chi connectivity index (χ3n) is 10.5. The van der Waals surface area contributed by atoms with Gasteiger partial charge in [-0.3, -0.25) is 24.1 Å². The maximum Gasteiger partial charge on any atom is 0.306 e. The molecule has 3 rings (SSSR count). The van der Waals surface area contributed by atoms with Crippen LogP contribution in [0.2, 0.25) is 0 Å². The Bertz CT molecular complexity index is 1510. The van der Waals surface area contributed by atoms with Crippen molar-refractivity contribution in [1.82, 2.24) is 25.4 Å². The second-order valence-electron chi connectivity index (χ2n) is 15.0. The second-order valence-corrected chi connectivity index (χ2v) is 15.9. The molecule has 1 aliphatic rings. The number of ether oxygens (including phenoxy) is 3. The van der Waals surface area contributed by atoms with E-state index in [2.05, 4.69) is 20.5 Å². The molecule has 0 radical (unpaired) electrons. The first-order valence-corrected chi connectivity index (χ1v) is 20.2. The van der Waals surface area contributed by atoms with E-state index >= 15 is 0 Å². The van der Waals surface area contributed by atoms with Gasteiger partial charge in [-0.05, 0) is 68.8 Å². The number of carbonyl (C=O) groups is 4. The Hall–Kier alpha value is -3.50. The Morgan fingerprint density at radius 3 is 2.36 bits per heavy atom. The van der Waals surface area contributed by atoms with Crippen molar-refractivity contribution in [2.24, 2.45) is 17.8 Å². The summed E-state index contributed by atoms with van der Waals surface area (Å²) in [6, 6.07) is 3.91. The van der Waals surface area contributed by atoms with Gasteiger partial charge < -0.3 is 34.9 Å². The van der Waals surface area contributed by atoms with Crippen LogP contribution in [0.25, 0.3) is 0 Å². The van der Waals surface area contributed by atoms with E-state index in [4.69, 9.17) is 14.2 Å². The molecule has 2 heterocycles. The highest BCUT2D eigenvalue weighted by molar-refractivity contribution is 7.09. The van der Waals surface area contributed by atoms with Gasteiger partial charge in [0.25, 0.3) is 5.91 Å². The number of hydrogen-bond acceptors (Lipinski definition) is 10. The summed E-state index contributed by atoms with van der Waals surface area (Å²) < 4.78 is 30.5. The van der Waals surface area contributed by atoms with Crippen molar-refractivity contribution in [3.8, 4) is 0 Å². The average Bonchev–Trinajstić information content (AvgIpc) is 3.65. The maximum absolute atomic E-state index is 14.6. The van der Waals surface area contributed by atoms with Gasteiger partial charge in [-0.25, -0.2) is 9.37 Å². The first-order chi connectivity index (χ1) is 26.2. The third kappa shape index (κ3) is 13.9. The van der Waals surface area contributed by atoms with Crippen molar-refractivity contribution in [3.63, 3.8) is 0 Å². The van der Waals surface area contributed by atoms with Gasteiger partial charge in [0.15, 0.2) is 0 Å². The van der Waals surface area contributed by atoms with Gasteiger partial charge in [0, 0.05) is 44.6 Å². The minimum absolute atomic E-state index is 0.0432. The van der Waals surface area contributed by atoms with Crippen LogP contribution in [-0.4, -0.2) is 116 Å². The van der Waals surface area contributed by atoms with Crippen molar-refractivity contribution in [3.05, 3.63) is 51.7 Å². The van der Waals surface area contributed by atoms with Crippen molar-refractivity contribution in [2.45, 2.75) is 110 Å². The number of carboxylic acids is 1. The molecule has 1 aromatic carbocycles. The number of piperidine rings is 1. The quantitative estimate of drug-likeness (QED) is 0.126. The molecule has 3 amide bonds. The van der Waals surface area contributed by atoms with Gasteiger partial charge in [-0.2, -0.15) is 0 Å². The van der Waals surface area contributed by atoms with Crippen LogP contribution >= 0.6 is 11.3 Å². The SMILES string of the molecule is CCC(C)C(NC(=O)C1CCCCN1C)C(=O)N(CCOC)[C@H](C[C@@H](OCOC)c1nc(C(=O)N[C@@H](Cc2ccc(F)cc2)C[C@H](C)C(=O)O)cs1)C(C)C. The number of nitrogens with one attached hydrogen (secondary N) is 2. The van der Waals surface area contributed by atoms with Gasteiger partial charge in [-0.15, -0.1) is 11.3 Å². The highest BCUT2D eigenvalue weighted by atomic mass is 32.1. The smallest absolute Gasteiger partial charge is 0.306 e. The lowest BCUT2D eigenvalue weighted by atomic mass is 9.92. The van der Waals surface area contributed by atoms with E-state index in [1.165, 1.54) is 30.6 Å². The zero-order valence-corrected chi connectivity index (χ0v) is 34.5. The van der Waals surface area contributed by atoms with Crippen LogP contribution < -0.4 is 10.6 Å². The molecule has 1 saturated heterocycles. The Morgan fingerprint density at radius 2 is 1.76 bits per heavy atom. The molecule has 0 bridgehead atoms. The minimum atomic E-state index is -0.986. The lowest BCUT2D eigenvalue weighted by molar-refractivity contribution is -0.144. The van der Waals surface area contributed by atoms with E-state index < -0.39 is 36.0 Å². The predicted octanol–water partition coefficient (Wildman–Crippen LogP) is 5.30. The standard InChI is InChI=1S/C40H62FN5O8S/c1-9-26(4)35(44-37(48)32-12-10-11-17-45(32)6)39(49)46(18-19-52-7)33(25(2)3)22-34(54-24-53-8)38-43-31(23-55-38)36(47)42-30(20-27(5)40(50)51)21-28-13-15-29(41)16-14-28/h13-16,23,25-27,30,32-35H,9-12,17-22,24H2,1-8H3,(H,42,47)(H,44,48)(H,50,51)/t26?,27-,30+,32?,33+,34+,35?/m0/s1. The lowest BCUT2D eigenvalue weighted by Gasteiger charge is -2.40. The number of rotatable bonds is 23. The number of aliphatic carboxylic acids is 1. The molecule has 3 N–H and O–H groups in total. The summed E-state index contributed by atoms with van der Waals surface area (Å²) in [4.78, 5) is 62.1. The van der Waals surface area contributed by atoms with Crippen LogP contribution in [0.3, 0.4) is 0 Å². The first-order valence-electron chi connectivity index (χ1n) is 19.3. The number of aromatic nitrogens is 1. The predicted molar refractivity (Wildman–Crippen MR) is 209 cm³/mol. The zero-order chi connectivity index (χ0) is 40.7. The van der Waals surface area contributed by atoms with Gasteiger partial charge in [0.1, 0.15) is 35.5 Å². The Balaban J connectivity index is 1.89. The largest absolute Gasteiger partial charge is 0.481 e. The summed E-state index contributed by atoms with van der Waals surface area (Å²) in [6.07, 6.45) is 3.55.